The Bertz CT molecular complexity index is 877. The minimum absolute atomic E-state index is 0.0399. The Hall–Kier alpha value is -3.03. The molecule has 21 heavy (non-hydrogen) atoms. The number of rotatable bonds is 2. The van der Waals surface area contributed by atoms with E-state index in [9.17, 15) is 14.9 Å². The van der Waals surface area contributed by atoms with Gasteiger partial charge in [0, 0.05) is 30.7 Å². The number of carbonyl (C=O) groups excluding carboxylic acids is 1. The van der Waals surface area contributed by atoms with Crippen molar-refractivity contribution in [3.63, 3.8) is 0 Å². The minimum Gasteiger partial charge on any atom is -0.273 e. The van der Waals surface area contributed by atoms with Gasteiger partial charge < -0.3 is 0 Å². The largest absolute Gasteiger partial charge is 0.273 e. The maximum atomic E-state index is 11.6. The zero-order valence-electron chi connectivity index (χ0n) is 11.3. The molecule has 0 radical (unpaired) electrons. The number of benzene rings is 1. The molecule has 8 nitrogen and oxygen atoms in total. The van der Waals surface area contributed by atoms with Crippen molar-refractivity contribution in [1.82, 2.24) is 19.4 Å². The van der Waals surface area contributed by atoms with E-state index in [0.717, 1.165) is 5.69 Å². The summed E-state index contributed by atoms with van der Waals surface area (Å²) in [5.41, 5.74) is 1.75. The van der Waals surface area contributed by atoms with E-state index in [1.54, 1.807) is 25.1 Å². The molecule has 2 aromatic heterocycles. The standard InChI is InChI=1S/C13H11N5O3/c1-8-6-12-16(9(2)19)15-13(17(12)14-8)10-4-3-5-11(7-10)18(20)21/h3-7H,1-2H3. The minimum atomic E-state index is -0.475. The fraction of sp³-hybridized carbons (Fsp3) is 0.154. The molecule has 3 rings (SSSR count). The maximum absolute atomic E-state index is 11.6. The first kappa shape index (κ1) is 13.0. The number of aromatic nitrogens is 4. The average Bonchev–Trinajstić information content (AvgIpc) is 2.95. The number of hydrogen-bond donors (Lipinski definition) is 0. The molecule has 0 saturated carbocycles. The van der Waals surface area contributed by atoms with Crippen molar-refractivity contribution in [2.24, 2.45) is 0 Å². The second-order valence-electron chi connectivity index (χ2n) is 4.62. The lowest BCUT2D eigenvalue weighted by Crippen LogP contribution is -2.07. The van der Waals surface area contributed by atoms with E-state index in [2.05, 4.69) is 10.2 Å². The summed E-state index contributed by atoms with van der Waals surface area (Å²) < 4.78 is 2.74. The molecule has 0 bridgehead atoms. The molecule has 1 aromatic carbocycles. The van der Waals surface area contributed by atoms with Crippen LogP contribution in [0.5, 0.6) is 0 Å². The summed E-state index contributed by atoms with van der Waals surface area (Å²) in [6.07, 6.45) is 0. The van der Waals surface area contributed by atoms with E-state index in [4.69, 9.17) is 0 Å². The Labute approximate surface area is 118 Å². The number of fused-ring (bicyclic) bond motifs is 1. The highest BCUT2D eigenvalue weighted by Crippen LogP contribution is 2.24. The fourth-order valence-corrected chi connectivity index (χ4v) is 2.15. The van der Waals surface area contributed by atoms with Gasteiger partial charge >= 0.3 is 0 Å². The lowest BCUT2D eigenvalue weighted by atomic mass is 10.2. The predicted molar refractivity (Wildman–Crippen MR) is 74.1 cm³/mol. The van der Waals surface area contributed by atoms with E-state index in [1.165, 1.54) is 28.3 Å². The number of non-ortho nitro benzene ring substituents is 1. The van der Waals surface area contributed by atoms with Crippen LogP contribution in [-0.2, 0) is 0 Å². The molecule has 0 amide bonds. The quantitative estimate of drug-likeness (QED) is 0.530. The Kier molecular flexibility index (Phi) is 2.79. The molecule has 0 fully saturated rings. The normalized spacial score (nSPS) is 11.0. The van der Waals surface area contributed by atoms with Crippen LogP contribution in [0.1, 0.15) is 17.4 Å². The molecule has 0 spiro atoms. The summed E-state index contributed by atoms with van der Waals surface area (Å²) in [7, 11) is 0. The van der Waals surface area contributed by atoms with Crippen LogP contribution in [0, 0.1) is 17.0 Å². The Morgan fingerprint density at radius 3 is 2.71 bits per heavy atom. The van der Waals surface area contributed by atoms with Crippen LogP contribution in [0.2, 0.25) is 0 Å². The van der Waals surface area contributed by atoms with E-state index < -0.39 is 4.92 Å². The van der Waals surface area contributed by atoms with Gasteiger partial charge in [-0.25, -0.2) is 0 Å². The summed E-state index contributed by atoms with van der Waals surface area (Å²) in [5, 5.41) is 19.4. The second kappa shape index (κ2) is 4.51. The molecule has 0 N–H and O–H groups in total. The van der Waals surface area contributed by atoms with Crippen LogP contribution in [0.4, 0.5) is 5.69 Å². The summed E-state index contributed by atoms with van der Waals surface area (Å²) >= 11 is 0. The van der Waals surface area contributed by atoms with Gasteiger partial charge in [-0.15, -0.1) is 5.10 Å². The Morgan fingerprint density at radius 2 is 2.05 bits per heavy atom. The van der Waals surface area contributed by atoms with Crippen LogP contribution >= 0.6 is 0 Å². The third-order valence-electron chi connectivity index (χ3n) is 3.04. The maximum Gasteiger partial charge on any atom is 0.270 e. The van der Waals surface area contributed by atoms with Gasteiger partial charge in [-0.05, 0) is 6.92 Å². The van der Waals surface area contributed by atoms with E-state index in [-0.39, 0.29) is 11.6 Å². The molecule has 3 aromatic rings. The molecule has 0 unspecified atom stereocenters. The summed E-state index contributed by atoms with van der Waals surface area (Å²) in [6.45, 7) is 3.20. The van der Waals surface area contributed by atoms with Crippen molar-refractivity contribution in [3.8, 4) is 11.4 Å². The zero-order chi connectivity index (χ0) is 15.1. The van der Waals surface area contributed by atoms with Gasteiger partial charge in [-0.1, -0.05) is 12.1 Å². The number of nitro groups is 1. The number of aryl methyl sites for hydroxylation is 1. The monoisotopic (exact) mass is 285 g/mol. The van der Waals surface area contributed by atoms with Gasteiger partial charge in [0.05, 0.1) is 10.6 Å². The van der Waals surface area contributed by atoms with Gasteiger partial charge in [-0.2, -0.15) is 14.3 Å². The lowest BCUT2D eigenvalue weighted by molar-refractivity contribution is -0.384. The average molecular weight is 285 g/mol. The highest BCUT2D eigenvalue weighted by Gasteiger charge is 2.18. The summed E-state index contributed by atoms with van der Waals surface area (Å²) in [4.78, 5) is 22.0. The number of nitrogens with zero attached hydrogens (tertiary/aromatic N) is 5. The molecule has 106 valence electrons. The summed E-state index contributed by atoms with van der Waals surface area (Å²) in [5.74, 6) is 0.133. The summed E-state index contributed by atoms with van der Waals surface area (Å²) in [6, 6.07) is 7.80. The third kappa shape index (κ3) is 2.06. The van der Waals surface area contributed by atoms with E-state index in [0.29, 0.717) is 17.0 Å². The number of carbonyl (C=O) groups is 1. The van der Waals surface area contributed by atoms with Crippen molar-refractivity contribution in [1.29, 1.82) is 0 Å². The molecule has 0 aliphatic rings. The van der Waals surface area contributed by atoms with Gasteiger partial charge in [0.2, 0.25) is 5.91 Å². The van der Waals surface area contributed by atoms with Crippen LogP contribution in [0.15, 0.2) is 30.3 Å². The highest BCUT2D eigenvalue weighted by molar-refractivity contribution is 5.81. The van der Waals surface area contributed by atoms with Crippen LogP contribution in [0.25, 0.3) is 17.0 Å². The van der Waals surface area contributed by atoms with Gasteiger partial charge in [0.15, 0.2) is 11.5 Å². The van der Waals surface area contributed by atoms with Crippen LogP contribution < -0.4 is 0 Å². The molecule has 0 aliphatic carbocycles. The van der Waals surface area contributed by atoms with Gasteiger partial charge in [0.1, 0.15) is 0 Å². The van der Waals surface area contributed by atoms with Crippen molar-refractivity contribution in [2.45, 2.75) is 13.8 Å². The topological polar surface area (TPSA) is 95.3 Å². The molecule has 8 heteroatoms. The number of nitro benzene ring substituents is 1. The van der Waals surface area contributed by atoms with Crippen LogP contribution in [0.3, 0.4) is 0 Å². The van der Waals surface area contributed by atoms with Gasteiger partial charge in [0.25, 0.3) is 5.69 Å². The molecular formula is C13H11N5O3. The Morgan fingerprint density at radius 1 is 1.29 bits per heavy atom. The van der Waals surface area contributed by atoms with E-state index in [1.807, 2.05) is 0 Å². The first-order chi connectivity index (χ1) is 9.97. The van der Waals surface area contributed by atoms with Crippen molar-refractivity contribution in [3.05, 3.63) is 46.1 Å². The predicted octanol–water partition coefficient (Wildman–Crippen LogP) is 2.07. The van der Waals surface area contributed by atoms with Crippen molar-refractivity contribution >= 4 is 17.2 Å². The van der Waals surface area contributed by atoms with Gasteiger partial charge in [-0.3, -0.25) is 14.9 Å². The zero-order valence-corrected chi connectivity index (χ0v) is 11.3. The first-order valence-corrected chi connectivity index (χ1v) is 6.18. The number of hydrogen-bond acceptors (Lipinski definition) is 5. The van der Waals surface area contributed by atoms with Crippen LogP contribution in [-0.4, -0.2) is 30.2 Å². The smallest absolute Gasteiger partial charge is 0.270 e. The first-order valence-electron chi connectivity index (χ1n) is 6.18. The Balaban J connectivity index is 2.27. The molecule has 0 aliphatic heterocycles. The molecule has 0 saturated heterocycles. The van der Waals surface area contributed by atoms with Crippen molar-refractivity contribution < 1.29 is 9.72 Å². The lowest BCUT2D eigenvalue weighted by Gasteiger charge is -1.97. The second-order valence-corrected chi connectivity index (χ2v) is 4.62. The molecule has 0 atom stereocenters. The third-order valence-corrected chi connectivity index (χ3v) is 3.04. The fourth-order valence-electron chi connectivity index (χ4n) is 2.15. The molecule has 2 heterocycles. The van der Waals surface area contributed by atoms with E-state index >= 15 is 0 Å². The molecular weight excluding hydrogens is 274 g/mol. The van der Waals surface area contributed by atoms with Crippen molar-refractivity contribution in [2.75, 3.05) is 0 Å². The highest BCUT2D eigenvalue weighted by atomic mass is 16.6. The SMILES string of the molecule is CC(=O)n1nc(-c2cccc([N+](=O)[O-])c2)n2nc(C)cc12.